The van der Waals surface area contributed by atoms with Gasteiger partial charge in [-0.05, 0) is 31.0 Å². The summed E-state index contributed by atoms with van der Waals surface area (Å²) in [5.41, 5.74) is 3.21. The Hall–Kier alpha value is -2.20. The van der Waals surface area contributed by atoms with Gasteiger partial charge in [0.1, 0.15) is 11.6 Å². The largest absolute Gasteiger partial charge is 0.379 e. The molecule has 1 N–H and O–H groups in total. The number of rotatable bonds is 5. The average Bonchev–Trinajstić information content (AvgIpc) is 2.67. The number of nitrogens with zero attached hydrogens (tertiary/aromatic N) is 4. The third kappa shape index (κ3) is 3.96. The number of nitrogens with one attached hydrogen (secondary N) is 1. The summed E-state index contributed by atoms with van der Waals surface area (Å²) in [6, 6.07) is 10.2. The number of benzene rings is 1. The van der Waals surface area contributed by atoms with Crippen LogP contribution in [0.15, 0.2) is 24.3 Å². The lowest BCUT2D eigenvalue weighted by atomic mass is 10.0. The zero-order valence-corrected chi connectivity index (χ0v) is 15.8. The van der Waals surface area contributed by atoms with E-state index in [4.69, 9.17) is 16.3 Å². The maximum Gasteiger partial charge on any atom is 0.167 e. The van der Waals surface area contributed by atoms with Crippen LogP contribution in [-0.4, -0.2) is 47.9 Å². The smallest absolute Gasteiger partial charge is 0.167 e. The number of hydrogen-bond donors (Lipinski definition) is 1. The van der Waals surface area contributed by atoms with Crippen LogP contribution in [0.1, 0.15) is 28.4 Å². The Morgan fingerprint density at radius 3 is 2.69 bits per heavy atom. The predicted molar refractivity (Wildman–Crippen MR) is 101 cm³/mol. The fourth-order valence-electron chi connectivity index (χ4n) is 3.13. The Kier molecular flexibility index (Phi) is 6.04. The first-order valence-corrected chi connectivity index (χ1v) is 9.03. The average molecular weight is 372 g/mol. The van der Waals surface area contributed by atoms with Crippen LogP contribution in [0.5, 0.6) is 0 Å². The molecular formula is C19H22ClN5O. The Morgan fingerprint density at radius 2 is 2.00 bits per heavy atom. The second kappa shape index (κ2) is 8.45. The van der Waals surface area contributed by atoms with Gasteiger partial charge in [-0.25, -0.2) is 0 Å². The second-order valence-electron chi connectivity index (χ2n) is 6.31. The molecule has 136 valence electrons. The van der Waals surface area contributed by atoms with Gasteiger partial charge in [0.15, 0.2) is 5.82 Å². The molecule has 6 nitrogen and oxygen atoms in total. The number of morpholine rings is 1. The lowest BCUT2D eigenvalue weighted by Crippen LogP contribution is -2.41. The highest BCUT2D eigenvalue weighted by molar-refractivity contribution is 6.31. The number of hydrogen-bond acceptors (Lipinski definition) is 6. The summed E-state index contributed by atoms with van der Waals surface area (Å²) < 4.78 is 5.48. The van der Waals surface area contributed by atoms with E-state index in [1.807, 2.05) is 38.1 Å². The second-order valence-corrected chi connectivity index (χ2v) is 6.72. The van der Waals surface area contributed by atoms with Crippen molar-refractivity contribution in [1.82, 2.24) is 15.1 Å². The van der Waals surface area contributed by atoms with E-state index in [9.17, 15) is 5.26 Å². The molecule has 1 aromatic carbocycles. The molecule has 1 saturated heterocycles. The van der Waals surface area contributed by atoms with E-state index in [0.717, 1.165) is 34.9 Å². The van der Waals surface area contributed by atoms with Crippen LogP contribution in [-0.2, 0) is 4.74 Å². The summed E-state index contributed by atoms with van der Waals surface area (Å²) in [7, 11) is 0. The molecule has 0 radical (unpaired) electrons. The zero-order valence-electron chi connectivity index (χ0n) is 15.0. The summed E-state index contributed by atoms with van der Waals surface area (Å²) >= 11 is 6.46. The highest BCUT2D eigenvalue weighted by Gasteiger charge is 2.25. The van der Waals surface area contributed by atoms with Gasteiger partial charge in [-0.1, -0.05) is 29.8 Å². The predicted octanol–water partition coefficient (Wildman–Crippen LogP) is 3.10. The molecule has 1 atom stereocenters. The van der Waals surface area contributed by atoms with Gasteiger partial charge >= 0.3 is 0 Å². The quantitative estimate of drug-likeness (QED) is 0.870. The molecule has 2 heterocycles. The van der Waals surface area contributed by atoms with Gasteiger partial charge in [-0.2, -0.15) is 10.4 Å². The van der Waals surface area contributed by atoms with E-state index in [2.05, 4.69) is 26.5 Å². The van der Waals surface area contributed by atoms with E-state index < -0.39 is 0 Å². The SMILES string of the molecule is Cc1nnc(NC[C@@H](c2ccccc2Cl)N2CCOCC2)c(C#N)c1C. The van der Waals surface area contributed by atoms with E-state index in [0.29, 0.717) is 31.1 Å². The van der Waals surface area contributed by atoms with Gasteiger partial charge in [-0.15, -0.1) is 5.10 Å². The van der Waals surface area contributed by atoms with Crippen LogP contribution < -0.4 is 5.32 Å². The van der Waals surface area contributed by atoms with Crippen molar-refractivity contribution in [3.63, 3.8) is 0 Å². The topological polar surface area (TPSA) is 74.1 Å². The summed E-state index contributed by atoms with van der Waals surface area (Å²) in [6.45, 7) is 7.40. The molecule has 2 aromatic rings. The third-order valence-electron chi connectivity index (χ3n) is 4.78. The number of aromatic nitrogens is 2. The van der Waals surface area contributed by atoms with E-state index >= 15 is 0 Å². The third-order valence-corrected chi connectivity index (χ3v) is 5.12. The van der Waals surface area contributed by atoms with Crippen molar-refractivity contribution >= 4 is 17.4 Å². The number of nitriles is 1. The molecule has 0 bridgehead atoms. The molecule has 0 aliphatic carbocycles. The first-order chi connectivity index (χ1) is 12.6. The molecule has 0 unspecified atom stereocenters. The minimum atomic E-state index is 0.0579. The Balaban J connectivity index is 1.86. The van der Waals surface area contributed by atoms with Crippen molar-refractivity contribution in [1.29, 1.82) is 5.26 Å². The lowest BCUT2D eigenvalue weighted by molar-refractivity contribution is 0.0187. The van der Waals surface area contributed by atoms with Crippen LogP contribution in [0.4, 0.5) is 5.82 Å². The molecule has 3 rings (SSSR count). The molecular weight excluding hydrogens is 350 g/mol. The van der Waals surface area contributed by atoms with Gasteiger partial charge in [0.25, 0.3) is 0 Å². The van der Waals surface area contributed by atoms with E-state index in [1.165, 1.54) is 0 Å². The standard InChI is InChI=1S/C19H22ClN5O/c1-13-14(2)23-24-19(16(13)11-21)22-12-18(25-7-9-26-10-8-25)15-5-3-4-6-17(15)20/h3-6,18H,7-10,12H2,1-2H3,(H,22,24)/t18-/m0/s1. The minimum absolute atomic E-state index is 0.0579. The molecule has 0 amide bonds. The van der Waals surface area contributed by atoms with Gasteiger partial charge in [0.2, 0.25) is 0 Å². The fourth-order valence-corrected chi connectivity index (χ4v) is 3.39. The van der Waals surface area contributed by atoms with Crippen LogP contribution in [0.2, 0.25) is 5.02 Å². The first-order valence-electron chi connectivity index (χ1n) is 8.66. The highest BCUT2D eigenvalue weighted by atomic mass is 35.5. The van der Waals surface area contributed by atoms with Crippen molar-refractivity contribution in [3.8, 4) is 6.07 Å². The summed E-state index contributed by atoms with van der Waals surface area (Å²) in [5, 5.41) is 21.9. The fraction of sp³-hybridized carbons (Fsp3) is 0.421. The van der Waals surface area contributed by atoms with Crippen molar-refractivity contribution in [2.75, 3.05) is 38.2 Å². The maximum absolute atomic E-state index is 9.49. The van der Waals surface area contributed by atoms with Gasteiger partial charge in [0, 0.05) is 24.7 Å². The molecule has 1 fully saturated rings. The maximum atomic E-state index is 9.49. The Bertz CT molecular complexity index is 814. The molecule has 0 saturated carbocycles. The first kappa shape index (κ1) is 18.6. The zero-order chi connectivity index (χ0) is 18.5. The summed E-state index contributed by atoms with van der Waals surface area (Å²) in [5.74, 6) is 0.515. The molecule has 1 aliphatic heterocycles. The lowest BCUT2D eigenvalue weighted by Gasteiger charge is -2.35. The summed E-state index contributed by atoms with van der Waals surface area (Å²) in [4.78, 5) is 2.35. The van der Waals surface area contributed by atoms with Gasteiger partial charge < -0.3 is 10.1 Å². The molecule has 1 aliphatic rings. The molecule has 7 heteroatoms. The van der Waals surface area contributed by atoms with Crippen molar-refractivity contribution in [3.05, 3.63) is 51.7 Å². The number of halogens is 1. The number of ether oxygens (including phenoxy) is 1. The minimum Gasteiger partial charge on any atom is -0.379 e. The Labute approximate surface area is 158 Å². The van der Waals surface area contributed by atoms with Crippen molar-refractivity contribution in [2.45, 2.75) is 19.9 Å². The van der Waals surface area contributed by atoms with Crippen molar-refractivity contribution < 1.29 is 4.74 Å². The normalized spacial score (nSPS) is 16.1. The molecule has 0 spiro atoms. The molecule has 1 aromatic heterocycles. The van der Waals surface area contributed by atoms with Gasteiger partial charge in [0.05, 0.1) is 24.9 Å². The van der Waals surface area contributed by atoms with Crippen LogP contribution in [0.25, 0.3) is 0 Å². The number of anilines is 1. The van der Waals surface area contributed by atoms with Crippen molar-refractivity contribution in [2.24, 2.45) is 0 Å². The van der Waals surface area contributed by atoms with Gasteiger partial charge in [-0.3, -0.25) is 4.90 Å². The Morgan fingerprint density at radius 1 is 1.27 bits per heavy atom. The van der Waals surface area contributed by atoms with E-state index in [1.54, 1.807) is 0 Å². The number of aryl methyl sites for hydroxylation is 1. The van der Waals surface area contributed by atoms with Crippen LogP contribution in [0.3, 0.4) is 0 Å². The van der Waals surface area contributed by atoms with Crippen LogP contribution >= 0.6 is 11.6 Å². The monoisotopic (exact) mass is 371 g/mol. The highest BCUT2D eigenvalue weighted by Crippen LogP contribution is 2.29. The summed E-state index contributed by atoms with van der Waals surface area (Å²) in [6.07, 6.45) is 0. The van der Waals surface area contributed by atoms with E-state index in [-0.39, 0.29) is 6.04 Å². The van der Waals surface area contributed by atoms with Crippen LogP contribution in [0, 0.1) is 25.2 Å². The molecule has 26 heavy (non-hydrogen) atoms.